The van der Waals surface area contributed by atoms with Crippen LogP contribution in [0.25, 0.3) is 0 Å². The topological polar surface area (TPSA) is 38.8 Å². The molecular weight excluding hydrogens is 298 g/mol. The molecule has 0 unspecified atom stereocenters. The van der Waals surface area contributed by atoms with Crippen LogP contribution in [-0.2, 0) is 9.53 Å². The molecule has 1 aliphatic rings. The second-order valence-electron chi connectivity index (χ2n) is 4.28. The minimum Gasteiger partial charge on any atom is -0.482 e. The molecule has 1 heterocycles. The van der Waals surface area contributed by atoms with Crippen LogP contribution in [0.3, 0.4) is 0 Å². The number of para-hydroxylation sites is 1. The molecule has 2 rings (SSSR count). The van der Waals surface area contributed by atoms with Gasteiger partial charge in [-0.2, -0.15) is 11.8 Å². The molecule has 0 aliphatic carbocycles. The molecule has 0 aromatic heterocycles. The molecule has 0 atom stereocenters. The van der Waals surface area contributed by atoms with Gasteiger partial charge in [0.25, 0.3) is 0 Å². The summed E-state index contributed by atoms with van der Waals surface area (Å²) in [5, 5.41) is 0. The molecule has 1 fully saturated rings. The molecule has 0 N–H and O–H groups in total. The summed E-state index contributed by atoms with van der Waals surface area (Å²) in [4.78, 5) is 13.8. The smallest absolute Gasteiger partial charge is 0.344 e. The number of esters is 1. The number of nitrogens with zero attached hydrogens (tertiary/aromatic N) is 1. The Bertz CT molecular complexity index is 385. The molecule has 1 aliphatic heterocycles. The van der Waals surface area contributed by atoms with E-state index in [1.807, 2.05) is 42.1 Å². The lowest BCUT2D eigenvalue weighted by Crippen LogP contribution is -2.35. The largest absolute Gasteiger partial charge is 0.482 e. The fourth-order valence-electron chi connectivity index (χ4n) is 1.81. The molecule has 0 radical (unpaired) electrons. The zero-order chi connectivity index (χ0) is 13.3. The second kappa shape index (κ2) is 9.91. The molecular formula is C14H20ClNO3S. The molecule has 0 bridgehead atoms. The highest BCUT2D eigenvalue weighted by Gasteiger charge is 2.11. The van der Waals surface area contributed by atoms with Crippen LogP contribution < -0.4 is 4.74 Å². The van der Waals surface area contributed by atoms with Crippen molar-refractivity contribution in [1.29, 1.82) is 0 Å². The molecule has 112 valence electrons. The standard InChI is InChI=1S/C14H19NO3S.ClH/c16-14(12-18-13-4-2-1-3-5-13)17-9-6-15-7-10-19-11-8-15;/h1-5H,6-12H2;1H. The van der Waals surface area contributed by atoms with Crippen molar-refractivity contribution in [2.75, 3.05) is 44.4 Å². The Morgan fingerprint density at radius 2 is 1.90 bits per heavy atom. The summed E-state index contributed by atoms with van der Waals surface area (Å²) >= 11 is 1.97. The first-order valence-electron chi connectivity index (χ1n) is 6.48. The summed E-state index contributed by atoms with van der Waals surface area (Å²) < 4.78 is 10.5. The van der Waals surface area contributed by atoms with E-state index in [-0.39, 0.29) is 25.0 Å². The van der Waals surface area contributed by atoms with Crippen LogP contribution in [0.4, 0.5) is 0 Å². The van der Waals surface area contributed by atoms with Crippen LogP contribution in [0.15, 0.2) is 30.3 Å². The van der Waals surface area contributed by atoms with Crippen molar-refractivity contribution in [3.63, 3.8) is 0 Å². The lowest BCUT2D eigenvalue weighted by Gasteiger charge is -2.25. The summed E-state index contributed by atoms with van der Waals surface area (Å²) in [7, 11) is 0. The summed E-state index contributed by atoms with van der Waals surface area (Å²) in [5.41, 5.74) is 0. The van der Waals surface area contributed by atoms with Crippen molar-refractivity contribution in [3.8, 4) is 5.75 Å². The molecule has 1 aromatic rings. The zero-order valence-corrected chi connectivity index (χ0v) is 13.0. The van der Waals surface area contributed by atoms with Crippen molar-refractivity contribution in [3.05, 3.63) is 30.3 Å². The minimum absolute atomic E-state index is 0. The third kappa shape index (κ3) is 6.50. The van der Waals surface area contributed by atoms with Gasteiger partial charge in [-0.1, -0.05) is 18.2 Å². The van der Waals surface area contributed by atoms with Gasteiger partial charge in [0.1, 0.15) is 12.4 Å². The Labute approximate surface area is 130 Å². The monoisotopic (exact) mass is 317 g/mol. The SMILES string of the molecule is Cl.O=C(COc1ccccc1)OCCN1CCSCC1. The number of carbonyl (C=O) groups excluding carboxylic acids is 1. The van der Waals surface area contributed by atoms with Gasteiger partial charge in [0.2, 0.25) is 0 Å². The maximum Gasteiger partial charge on any atom is 0.344 e. The Balaban J connectivity index is 0.00000200. The predicted octanol–water partition coefficient (Wildman–Crippen LogP) is 2.08. The number of ether oxygens (including phenoxy) is 2. The first-order valence-corrected chi connectivity index (χ1v) is 7.63. The Kier molecular flexibility index (Phi) is 8.49. The third-order valence-electron chi connectivity index (χ3n) is 2.87. The van der Waals surface area contributed by atoms with Crippen LogP contribution >= 0.6 is 24.2 Å². The van der Waals surface area contributed by atoms with E-state index in [2.05, 4.69) is 4.90 Å². The van der Waals surface area contributed by atoms with Gasteiger partial charge in [-0.25, -0.2) is 4.79 Å². The van der Waals surface area contributed by atoms with Gasteiger partial charge in [-0.3, -0.25) is 4.90 Å². The number of rotatable bonds is 6. The Morgan fingerprint density at radius 3 is 2.60 bits per heavy atom. The Morgan fingerprint density at radius 1 is 1.20 bits per heavy atom. The van der Waals surface area contributed by atoms with E-state index < -0.39 is 0 Å². The first kappa shape index (κ1) is 17.1. The van der Waals surface area contributed by atoms with E-state index in [9.17, 15) is 4.79 Å². The van der Waals surface area contributed by atoms with Crippen molar-refractivity contribution < 1.29 is 14.3 Å². The maximum absolute atomic E-state index is 11.5. The van der Waals surface area contributed by atoms with Crippen LogP contribution in [0.1, 0.15) is 0 Å². The van der Waals surface area contributed by atoms with E-state index in [1.54, 1.807) is 0 Å². The molecule has 1 aromatic carbocycles. The number of benzene rings is 1. The average Bonchev–Trinajstić information content (AvgIpc) is 2.47. The number of carbonyl (C=O) groups is 1. The van der Waals surface area contributed by atoms with E-state index in [1.165, 1.54) is 11.5 Å². The lowest BCUT2D eigenvalue weighted by atomic mass is 10.3. The van der Waals surface area contributed by atoms with Crippen LogP contribution in [0.2, 0.25) is 0 Å². The third-order valence-corrected chi connectivity index (χ3v) is 3.82. The van der Waals surface area contributed by atoms with Gasteiger partial charge in [0.05, 0.1) is 0 Å². The van der Waals surface area contributed by atoms with Gasteiger partial charge in [-0.15, -0.1) is 12.4 Å². The van der Waals surface area contributed by atoms with Crippen molar-refractivity contribution in [1.82, 2.24) is 4.90 Å². The summed E-state index contributed by atoms with van der Waals surface area (Å²) in [6.07, 6.45) is 0. The fourth-order valence-corrected chi connectivity index (χ4v) is 2.79. The Hall–Kier alpha value is -0.910. The lowest BCUT2D eigenvalue weighted by molar-refractivity contribution is -0.146. The van der Waals surface area contributed by atoms with Crippen molar-refractivity contribution in [2.45, 2.75) is 0 Å². The van der Waals surface area contributed by atoms with Gasteiger partial charge in [0, 0.05) is 31.1 Å². The van der Waals surface area contributed by atoms with E-state index >= 15 is 0 Å². The highest BCUT2D eigenvalue weighted by atomic mass is 35.5. The van der Waals surface area contributed by atoms with E-state index in [0.717, 1.165) is 19.6 Å². The molecule has 20 heavy (non-hydrogen) atoms. The van der Waals surface area contributed by atoms with Crippen molar-refractivity contribution >= 4 is 30.1 Å². The minimum atomic E-state index is -0.310. The number of hydrogen-bond donors (Lipinski definition) is 0. The normalized spacial score (nSPS) is 15.2. The van der Waals surface area contributed by atoms with Crippen LogP contribution in [0.5, 0.6) is 5.75 Å². The number of hydrogen-bond acceptors (Lipinski definition) is 5. The molecule has 6 heteroatoms. The van der Waals surface area contributed by atoms with Crippen molar-refractivity contribution in [2.24, 2.45) is 0 Å². The van der Waals surface area contributed by atoms with E-state index in [4.69, 9.17) is 9.47 Å². The highest BCUT2D eigenvalue weighted by molar-refractivity contribution is 7.99. The van der Waals surface area contributed by atoms with Gasteiger partial charge < -0.3 is 9.47 Å². The van der Waals surface area contributed by atoms with Gasteiger partial charge in [-0.05, 0) is 12.1 Å². The van der Waals surface area contributed by atoms with Crippen LogP contribution in [-0.4, -0.2) is 55.2 Å². The molecule has 4 nitrogen and oxygen atoms in total. The predicted molar refractivity (Wildman–Crippen MR) is 83.9 cm³/mol. The quantitative estimate of drug-likeness (QED) is 0.751. The number of halogens is 1. The summed E-state index contributed by atoms with van der Waals surface area (Å²) in [6, 6.07) is 9.28. The van der Waals surface area contributed by atoms with E-state index in [0.29, 0.717) is 12.4 Å². The van der Waals surface area contributed by atoms with Gasteiger partial charge in [0.15, 0.2) is 6.61 Å². The molecule has 0 amide bonds. The highest BCUT2D eigenvalue weighted by Crippen LogP contribution is 2.09. The first-order chi connectivity index (χ1) is 9.34. The summed E-state index contributed by atoms with van der Waals surface area (Å²) in [5.74, 6) is 2.72. The molecule has 0 saturated carbocycles. The molecule has 0 spiro atoms. The summed E-state index contributed by atoms with van der Waals surface area (Å²) in [6.45, 7) is 3.41. The average molecular weight is 318 g/mol. The fraction of sp³-hybridized carbons (Fsp3) is 0.500. The van der Waals surface area contributed by atoms with Crippen LogP contribution in [0, 0.1) is 0 Å². The van der Waals surface area contributed by atoms with Gasteiger partial charge >= 0.3 is 5.97 Å². The maximum atomic E-state index is 11.5. The zero-order valence-electron chi connectivity index (χ0n) is 11.3. The molecule has 1 saturated heterocycles. The number of thioether (sulfide) groups is 1. The second-order valence-corrected chi connectivity index (χ2v) is 5.50.